The summed E-state index contributed by atoms with van der Waals surface area (Å²) in [6, 6.07) is 30.2. The Bertz CT molecular complexity index is 914. The lowest BCUT2D eigenvalue weighted by atomic mass is 9.86. The molecule has 1 heterocycles. The second-order valence-electron chi connectivity index (χ2n) is 6.64. The van der Waals surface area contributed by atoms with Crippen LogP contribution in [0.1, 0.15) is 16.7 Å². The van der Waals surface area contributed by atoms with E-state index in [2.05, 4.69) is 12.1 Å². The Hall–Kier alpha value is -3.13. The lowest BCUT2D eigenvalue weighted by Gasteiger charge is -2.27. The molecule has 3 aromatic carbocycles. The van der Waals surface area contributed by atoms with Crippen molar-refractivity contribution in [3.63, 3.8) is 0 Å². The first-order chi connectivity index (χ1) is 12.8. The van der Waals surface area contributed by atoms with Gasteiger partial charge >= 0.3 is 5.97 Å². The van der Waals surface area contributed by atoms with Crippen LogP contribution in [0, 0.1) is 0 Å². The summed E-state index contributed by atoms with van der Waals surface area (Å²) in [5, 5.41) is 0. The monoisotopic (exact) mass is 340 g/mol. The van der Waals surface area contributed by atoms with E-state index < -0.39 is 5.60 Å². The molecule has 0 radical (unpaired) electrons. The molecule has 2 nitrogen and oxygen atoms in total. The molecule has 1 unspecified atom stereocenters. The maximum atomic E-state index is 12.7. The molecule has 1 aliphatic heterocycles. The summed E-state index contributed by atoms with van der Waals surface area (Å²) in [4.78, 5) is 12.7. The Morgan fingerprint density at radius 3 is 1.85 bits per heavy atom. The van der Waals surface area contributed by atoms with Crippen molar-refractivity contribution in [2.45, 2.75) is 18.4 Å². The zero-order valence-corrected chi connectivity index (χ0v) is 14.5. The number of hydrogen-bond donors (Lipinski definition) is 0. The van der Waals surface area contributed by atoms with Crippen molar-refractivity contribution in [1.82, 2.24) is 0 Å². The Balaban J connectivity index is 1.73. The number of hydrogen-bond acceptors (Lipinski definition) is 2. The van der Waals surface area contributed by atoms with Crippen molar-refractivity contribution in [3.8, 4) is 0 Å². The SMILES string of the molecule is O=C1OC(Cc2ccccc2)(c2ccccc2)C=C1Cc1ccccc1. The van der Waals surface area contributed by atoms with E-state index in [-0.39, 0.29) is 5.97 Å². The summed E-state index contributed by atoms with van der Waals surface area (Å²) < 4.78 is 5.99. The van der Waals surface area contributed by atoms with Gasteiger partial charge in [-0.2, -0.15) is 0 Å². The minimum atomic E-state index is -0.746. The van der Waals surface area contributed by atoms with Gasteiger partial charge in [0, 0.05) is 18.4 Å². The summed E-state index contributed by atoms with van der Waals surface area (Å²) in [7, 11) is 0. The molecule has 1 aliphatic rings. The van der Waals surface area contributed by atoms with E-state index in [0.29, 0.717) is 12.8 Å². The van der Waals surface area contributed by atoms with Gasteiger partial charge in [-0.3, -0.25) is 0 Å². The van der Waals surface area contributed by atoms with Crippen LogP contribution < -0.4 is 0 Å². The number of benzene rings is 3. The van der Waals surface area contributed by atoms with Crippen molar-refractivity contribution in [2.24, 2.45) is 0 Å². The van der Waals surface area contributed by atoms with E-state index in [0.717, 1.165) is 22.3 Å². The van der Waals surface area contributed by atoms with Crippen LogP contribution in [0.4, 0.5) is 0 Å². The van der Waals surface area contributed by atoms with Gasteiger partial charge in [0.2, 0.25) is 0 Å². The third kappa shape index (κ3) is 3.31. The van der Waals surface area contributed by atoms with Crippen LogP contribution in [0.5, 0.6) is 0 Å². The Morgan fingerprint density at radius 1 is 0.692 bits per heavy atom. The average Bonchev–Trinajstić information content (AvgIpc) is 3.00. The van der Waals surface area contributed by atoms with Crippen molar-refractivity contribution < 1.29 is 9.53 Å². The first-order valence-corrected chi connectivity index (χ1v) is 8.84. The zero-order chi connectivity index (χ0) is 17.8. The van der Waals surface area contributed by atoms with Gasteiger partial charge in [-0.25, -0.2) is 4.79 Å². The largest absolute Gasteiger partial charge is 0.446 e. The minimum Gasteiger partial charge on any atom is -0.446 e. The predicted octanol–water partition coefficient (Wildman–Crippen LogP) is 4.85. The van der Waals surface area contributed by atoms with Gasteiger partial charge in [0.15, 0.2) is 5.60 Å². The lowest BCUT2D eigenvalue weighted by molar-refractivity contribution is -0.147. The van der Waals surface area contributed by atoms with Crippen molar-refractivity contribution in [1.29, 1.82) is 0 Å². The molecule has 2 heteroatoms. The fourth-order valence-corrected chi connectivity index (χ4v) is 3.49. The number of carbonyl (C=O) groups is 1. The van der Waals surface area contributed by atoms with Crippen molar-refractivity contribution >= 4 is 5.97 Å². The second kappa shape index (κ2) is 7.01. The van der Waals surface area contributed by atoms with E-state index in [9.17, 15) is 4.79 Å². The highest BCUT2D eigenvalue weighted by atomic mass is 16.6. The fraction of sp³-hybridized carbons (Fsp3) is 0.125. The van der Waals surface area contributed by atoms with E-state index in [1.807, 2.05) is 84.9 Å². The quantitative estimate of drug-likeness (QED) is 0.621. The maximum Gasteiger partial charge on any atom is 0.335 e. The van der Waals surface area contributed by atoms with Crippen molar-refractivity contribution in [3.05, 3.63) is 119 Å². The highest BCUT2D eigenvalue weighted by Gasteiger charge is 2.41. The molecule has 0 bridgehead atoms. The molecule has 0 amide bonds. The van der Waals surface area contributed by atoms with Gasteiger partial charge in [-0.1, -0.05) is 91.0 Å². The van der Waals surface area contributed by atoms with Crippen LogP contribution in [-0.4, -0.2) is 5.97 Å². The molecular weight excluding hydrogens is 320 g/mol. The van der Waals surface area contributed by atoms with Crippen LogP contribution in [0.15, 0.2) is 103 Å². The molecular formula is C24H20O2. The van der Waals surface area contributed by atoms with Crippen LogP contribution in [0.25, 0.3) is 0 Å². The third-order valence-corrected chi connectivity index (χ3v) is 4.75. The smallest absolute Gasteiger partial charge is 0.335 e. The minimum absolute atomic E-state index is 0.228. The van der Waals surface area contributed by atoms with Gasteiger partial charge in [-0.15, -0.1) is 0 Å². The molecule has 0 N–H and O–H groups in total. The molecule has 0 spiro atoms. The van der Waals surface area contributed by atoms with Crippen molar-refractivity contribution in [2.75, 3.05) is 0 Å². The molecule has 3 aromatic rings. The van der Waals surface area contributed by atoms with E-state index in [1.165, 1.54) is 0 Å². The topological polar surface area (TPSA) is 26.3 Å². The maximum absolute atomic E-state index is 12.7. The Kier molecular flexibility index (Phi) is 4.40. The Morgan fingerprint density at radius 2 is 1.23 bits per heavy atom. The van der Waals surface area contributed by atoms with Crippen LogP contribution >= 0.6 is 0 Å². The van der Waals surface area contributed by atoms with Crippen LogP contribution in [0.3, 0.4) is 0 Å². The normalized spacial score (nSPS) is 19.1. The Labute approximate surface area is 153 Å². The fourth-order valence-electron chi connectivity index (χ4n) is 3.49. The summed E-state index contributed by atoms with van der Waals surface area (Å²) in [5.74, 6) is -0.228. The molecule has 26 heavy (non-hydrogen) atoms. The molecule has 0 saturated carbocycles. The van der Waals surface area contributed by atoms with Gasteiger partial charge in [0.05, 0.1) is 0 Å². The lowest BCUT2D eigenvalue weighted by Crippen LogP contribution is -2.28. The van der Waals surface area contributed by atoms with Gasteiger partial charge in [0.1, 0.15) is 0 Å². The van der Waals surface area contributed by atoms with E-state index in [4.69, 9.17) is 4.74 Å². The zero-order valence-electron chi connectivity index (χ0n) is 14.5. The first kappa shape index (κ1) is 16.3. The predicted molar refractivity (Wildman–Crippen MR) is 103 cm³/mol. The third-order valence-electron chi connectivity index (χ3n) is 4.75. The van der Waals surface area contributed by atoms with Crippen LogP contribution in [0.2, 0.25) is 0 Å². The average molecular weight is 340 g/mol. The van der Waals surface area contributed by atoms with E-state index >= 15 is 0 Å². The number of rotatable bonds is 5. The molecule has 0 aliphatic carbocycles. The molecule has 128 valence electrons. The van der Waals surface area contributed by atoms with Crippen LogP contribution in [-0.2, 0) is 28.0 Å². The number of cyclic esters (lactones) is 1. The standard InChI is InChI=1S/C24H20O2/c25-23-21(16-19-10-4-1-5-11-19)18-24(26-23,22-14-8-3-9-15-22)17-20-12-6-2-7-13-20/h1-15,18H,16-17H2. The molecule has 0 saturated heterocycles. The number of carbonyl (C=O) groups excluding carboxylic acids is 1. The molecule has 0 fully saturated rings. The number of ether oxygens (including phenoxy) is 1. The molecule has 0 aromatic heterocycles. The first-order valence-electron chi connectivity index (χ1n) is 8.84. The van der Waals surface area contributed by atoms with Gasteiger partial charge in [0.25, 0.3) is 0 Å². The highest BCUT2D eigenvalue weighted by molar-refractivity contribution is 5.92. The summed E-state index contributed by atoms with van der Waals surface area (Å²) >= 11 is 0. The highest BCUT2D eigenvalue weighted by Crippen LogP contribution is 2.38. The molecule has 1 atom stereocenters. The summed E-state index contributed by atoms with van der Waals surface area (Å²) in [5.41, 5.74) is 3.22. The number of esters is 1. The second-order valence-corrected chi connectivity index (χ2v) is 6.64. The van der Waals surface area contributed by atoms with Gasteiger partial charge < -0.3 is 4.74 Å². The van der Waals surface area contributed by atoms with E-state index in [1.54, 1.807) is 0 Å². The summed E-state index contributed by atoms with van der Waals surface area (Å²) in [6.07, 6.45) is 3.23. The molecule has 4 rings (SSSR count). The summed E-state index contributed by atoms with van der Waals surface area (Å²) in [6.45, 7) is 0. The van der Waals surface area contributed by atoms with Gasteiger partial charge in [-0.05, 0) is 22.8 Å².